The predicted octanol–water partition coefficient (Wildman–Crippen LogP) is 2.65. The van der Waals surface area contributed by atoms with Crippen molar-refractivity contribution < 1.29 is 4.79 Å². The molecule has 0 aromatic carbocycles. The molecule has 1 heterocycles. The van der Waals surface area contributed by atoms with Gasteiger partial charge in [-0.15, -0.1) is 0 Å². The zero-order valence-corrected chi connectivity index (χ0v) is 9.89. The van der Waals surface area contributed by atoms with Crippen molar-refractivity contribution in [1.82, 2.24) is 4.90 Å². The molecule has 0 bridgehead atoms. The molecule has 0 aliphatic carbocycles. The number of carbonyl (C=O) groups is 1. The minimum atomic E-state index is -0.193. The molecule has 3 heteroatoms. The molecule has 0 radical (unpaired) electrons. The maximum Gasteiger partial charge on any atom is 0.239 e. The summed E-state index contributed by atoms with van der Waals surface area (Å²) >= 11 is 5.64. The summed E-state index contributed by atoms with van der Waals surface area (Å²) < 4.78 is 0. The molecule has 1 aliphatic heterocycles. The van der Waals surface area contributed by atoms with Gasteiger partial charge in [0.2, 0.25) is 5.24 Å². The third-order valence-corrected chi connectivity index (χ3v) is 3.12. The van der Waals surface area contributed by atoms with Crippen molar-refractivity contribution in [3.05, 3.63) is 0 Å². The Bertz CT molecular complexity index is 186. The molecule has 0 aromatic rings. The Morgan fingerprint density at radius 1 is 1.14 bits per heavy atom. The lowest BCUT2D eigenvalue weighted by atomic mass is 10.0. The fourth-order valence-electron chi connectivity index (χ4n) is 2.20. The van der Waals surface area contributed by atoms with Crippen LogP contribution in [0.15, 0.2) is 0 Å². The van der Waals surface area contributed by atoms with E-state index in [-0.39, 0.29) is 11.3 Å². The first kappa shape index (κ1) is 12.0. The van der Waals surface area contributed by atoms with E-state index in [4.69, 9.17) is 11.6 Å². The zero-order chi connectivity index (χ0) is 10.6. The maximum absolute atomic E-state index is 11.3. The second-order valence-corrected chi connectivity index (χ2v) is 4.82. The predicted molar refractivity (Wildman–Crippen MR) is 59.5 cm³/mol. The molecule has 0 N–H and O–H groups in total. The fraction of sp³-hybridized carbons (Fsp3) is 0.909. The highest BCUT2D eigenvalue weighted by Gasteiger charge is 2.27. The standard InChI is InChI=1S/C11H20ClNO/c1-9(2)10(11(12)14)13-7-5-3-4-6-8-13/h9-10H,3-8H2,1-2H3. The summed E-state index contributed by atoms with van der Waals surface area (Å²) in [5, 5.41) is -0.193. The smallest absolute Gasteiger partial charge is 0.239 e. The van der Waals surface area contributed by atoms with Gasteiger partial charge in [-0.1, -0.05) is 26.7 Å². The molecule has 0 aromatic heterocycles. The van der Waals surface area contributed by atoms with Crippen LogP contribution in [0.3, 0.4) is 0 Å². The van der Waals surface area contributed by atoms with Crippen molar-refractivity contribution in [2.45, 2.75) is 45.6 Å². The molecule has 1 unspecified atom stereocenters. The van der Waals surface area contributed by atoms with Gasteiger partial charge < -0.3 is 0 Å². The first-order chi connectivity index (χ1) is 6.63. The Morgan fingerprint density at radius 2 is 1.64 bits per heavy atom. The molecular weight excluding hydrogens is 198 g/mol. The van der Waals surface area contributed by atoms with E-state index in [0.717, 1.165) is 13.1 Å². The van der Waals surface area contributed by atoms with Crippen molar-refractivity contribution in [2.24, 2.45) is 5.92 Å². The fourth-order valence-corrected chi connectivity index (χ4v) is 2.59. The summed E-state index contributed by atoms with van der Waals surface area (Å²) in [6.07, 6.45) is 4.98. The van der Waals surface area contributed by atoms with E-state index in [1.165, 1.54) is 25.7 Å². The van der Waals surface area contributed by atoms with Crippen LogP contribution in [0.2, 0.25) is 0 Å². The maximum atomic E-state index is 11.3. The first-order valence-electron chi connectivity index (χ1n) is 5.56. The van der Waals surface area contributed by atoms with Gasteiger partial charge in [-0.25, -0.2) is 0 Å². The lowest BCUT2D eigenvalue weighted by Gasteiger charge is -2.30. The second-order valence-electron chi connectivity index (χ2n) is 4.44. The van der Waals surface area contributed by atoms with Crippen LogP contribution in [0.1, 0.15) is 39.5 Å². The van der Waals surface area contributed by atoms with Crippen molar-refractivity contribution in [1.29, 1.82) is 0 Å². The van der Waals surface area contributed by atoms with Crippen molar-refractivity contribution in [3.63, 3.8) is 0 Å². The van der Waals surface area contributed by atoms with Crippen LogP contribution >= 0.6 is 11.6 Å². The monoisotopic (exact) mass is 217 g/mol. The quantitative estimate of drug-likeness (QED) is 0.678. The summed E-state index contributed by atoms with van der Waals surface area (Å²) in [4.78, 5) is 13.6. The Morgan fingerprint density at radius 3 is 2.00 bits per heavy atom. The minimum absolute atomic E-state index is 0.0743. The molecule has 1 saturated heterocycles. The van der Waals surface area contributed by atoms with E-state index in [1.807, 2.05) is 0 Å². The van der Waals surface area contributed by atoms with Gasteiger partial charge in [-0.05, 0) is 43.5 Å². The second kappa shape index (κ2) is 5.72. The van der Waals surface area contributed by atoms with Crippen LogP contribution in [0.25, 0.3) is 0 Å². The Labute approximate surface area is 91.6 Å². The van der Waals surface area contributed by atoms with Crippen LogP contribution in [0.4, 0.5) is 0 Å². The average Bonchev–Trinajstić information content (AvgIpc) is 2.31. The molecule has 0 spiro atoms. The number of nitrogens with zero attached hydrogens (tertiary/aromatic N) is 1. The minimum Gasteiger partial charge on any atom is -0.292 e. The van der Waals surface area contributed by atoms with Crippen LogP contribution < -0.4 is 0 Å². The Hall–Kier alpha value is -0.0800. The van der Waals surface area contributed by atoms with Gasteiger partial charge in [-0.3, -0.25) is 9.69 Å². The van der Waals surface area contributed by atoms with Crippen molar-refractivity contribution in [3.8, 4) is 0 Å². The van der Waals surface area contributed by atoms with Crippen LogP contribution in [0, 0.1) is 5.92 Å². The van der Waals surface area contributed by atoms with Gasteiger partial charge in [0.15, 0.2) is 0 Å². The highest BCUT2D eigenvalue weighted by Crippen LogP contribution is 2.19. The summed E-state index contributed by atoms with van der Waals surface area (Å²) in [6, 6.07) is -0.0743. The molecular formula is C11H20ClNO. The van der Waals surface area contributed by atoms with E-state index in [1.54, 1.807) is 0 Å². The van der Waals surface area contributed by atoms with E-state index >= 15 is 0 Å². The van der Waals surface area contributed by atoms with Crippen LogP contribution in [-0.2, 0) is 4.79 Å². The molecule has 14 heavy (non-hydrogen) atoms. The van der Waals surface area contributed by atoms with Gasteiger partial charge >= 0.3 is 0 Å². The number of hydrogen-bond acceptors (Lipinski definition) is 2. The zero-order valence-electron chi connectivity index (χ0n) is 9.13. The molecule has 1 aliphatic rings. The van der Waals surface area contributed by atoms with E-state index < -0.39 is 0 Å². The van der Waals surface area contributed by atoms with Gasteiger partial charge in [0.05, 0.1) is 6.04 Å². The largest absolute Gasteiger partial charge is 0.292 e. The van der Waals surface area contributed by atoms with Crippen LogP contribution in [0.5, 0.6) is 0 Å². The molecule has 82 valence electrons. The van der Waals surface area contributed by atoms with Crippen LogP contribution in [-0.4, -0.2) is 29.3 Å². The number of rotatable bonds is 3. The topological polar surface area (TPSA) is 20.3 Å². The number of likely N-dealkylation sites (tertiary alicyclic amines) is 1. The highest BCUT2D eigenvalue weighted by molar-refractivity contribution is 6.64. The molecule has 2 nitrogen and oxygen atoms in total. The summed E-state index contributed by atoms with van der Waals surface area (Å²) in [6.45, 7) is 6.19. The van der Waals surface area contributed by atoms with E-state index in [2.05, 4.69) is 18.7 Å². The van der Waals surface area contributed by atoms with Gasteiger partial charge in [0, 0.05) is 0 Å². The Balaban J connectivity index is 2.60. The first-order valence-corrected chi connectivity index (χ1v) is 5.94. The summed E-state index contributed by atoms with van der Waals surface area (Å²) in [5.74, 6) is 0.318. The van der Waals surface area contributed by atoms with Crippen molar-refractivity contribution in [2.75, 3.05) is 13.1 Å². The third-order valence-electron chi connectivity index (χ3n) is 2.90. The van der Waals surface area contributed by atoms with Gasteiger partial charge in [0.25, 0.3) is 0 Å². The van der Waals surface area contributed by atoms with E-state index in [0.29, 0.717) is 5.92 Å². The van der Waals surface area contributed by atoms with Crippen molar-refractivity contribution >= 4 is 16.8 Å². The summed E-state index contributed by atoms with van der Waals surface area (Å²) in [5.41, 5.74) is 0. The summed E-state index contributed by atoms with van der Waals surface area (Å²) in [7, 11) is 0. The molecule has 1 atom stereocenters. The molecule has 1 fully saturated rings. The highest BCUT2D eigenvalue weighted by atomic mass is 35.5. The lowest BCUT2D eigenvalue weighted by Crippen LogP contribution is -2.43. The lowest BCUT2D eigenvalue weighted by molar-refractivity contribution is -0.117. The molecule has 1 rings (SSSR count). The number of hydrogen-bond donors (Lipinski definition) is 0. The Kier molecular flexibility index (Phi) is 4.90. The average molecular weight is 218 g/mol. The normalized spacial score (nSPS) is 22.0. The third kappa shape index (κ3) is 3.25. The number of carbonyl (C=O) groups excluding carboxylic acids is 1. The van der Waals surface area contributed by atoms with Gasteiger partial charge in [0.1, 0.15) is 0 Å². The van der Waals surface area contributed by atoms with E-state index in [9.17, 15) is 4.79 Å². The number of halogens is 1. The van der Waals surface area contributed by atoms with Gasteiger partial charge in [-0.2, -0.15) is 0 Å². The molecule has 0 saturated carbocycles. The molecule has 0 amide bonds. The SMILES string of the molecule is CC(C)C(C(=O)Cl)N1CCCCCC1.